The fraction of sp³-hybridized carbons (Fsp3) is 0.125. The third-order valence-corrected chi connectivity index (χ3v) is 5.09. The van der Waals surface area contributed by atoms with Crippen molar-refractivity contribution in [1.82, 2.24) is 9.88 Å². The van der Waals surface area contributed by atoms with Gasteiger partial charge in [-0.15, -0.1) is 0 Å². The average molecular weight is 434 g/mol. The molecule has 162 valence electrons. The van der Waals surface area contributed by atoms with E-state index in [0.717, 1.165) is 17.3 Å². The molecule has 3 aromatic rings. The zero-order valence-corrected chi connectivity index (χ0v) is 17.0. The van der Waals surface area contributed by atoms with Crippen molar-refractivity contribution in [2.45, 2.75) is 13.0 Å². The Bertz CT molecular complexity index is 1200. The molecule has 2 N–H and O–H groups in total. The average Bonchev–Trinajstić information content (AvgIpc) is 2.79. The zero-order valence-electron chi connectivity index (χ0n) is 17.0. The number of carbonyl (C=O) groups excluding carboxylic acids is 2. The van der Waals surface area contributed by atoms with Crippen molar-refractivity contribution in [1.29, 1.82) is 0 Å². The molecule has 0 spiro atoms. The van der Waals surface area contributed by atoms with Crippen LogP contribution < -0.4 is 10.6 Å². The van der Waals surface area contributed by atoms with Crippen LogP contribution in [0.25, 0.3) is 6.08 Å². The lowest BCUT2D eigenvalue weighted by Crippen LogP contribution is -2.35. The number of urea groups is 1. The number of amides is 3. The summed E-state index contributed by atoms with van der Waals surface area (Å²) in [6.45, 7) is 0.843. The number of carbonyl (C=O) groups is 2. The molecule has 1 aliphatic rings. The summed E-state index contributed by atoms with van der Waals surface area (Å²) >= 11 is 0. The van der Waals surface area contributed by atoms with Crippen LogP contribution in [-0.2, 0) is 17.8 Å². The Morgan fingerprint density at radius 3 is 2.59 bits per heavy atom. The summed E-state index contributed by atoms with van der Waals surface area (Å²) in [6.07, 6.45) is 6.04. The van der Waals surface area contributed by atoms with Gasteiger partial charge in [0.25, 0.3) is 0 Å². The summed E-state index contributed by atoms with van der Waals surface area (Å²) in [6, 6.07) is 12.1. The third kappa shape index (κ3) is 4.97. The minimum absolute atomic E-state index is 0.0897. The van der Waals surface area contributed by atoms with Gasteiger partial charge in [0.05, 0.1) is 11.9 Å². The van der Waals surface area contributed by atoms with Crippen LogP contribution in [-0.4, -0.2) is 28.4 Å². The molecular weight excluding hydrogens is 414 g/mol. The van der Waals surface area contributed by atoms with Crippen LogP contribution in [0.15, 0.2) is 67.0 Å². The van der Waals surface area contributed by atoms with Crippen LogP contribution in [0.2, 0.25) is 0 Å². The van der Waals surface area contributed by atoms with E-state index in [-0.39, 0.29) is 11.6 Å². The molecule has 0 saturated carbocycles. The Balaban J connectivity index is 1.42. The number of hydrogen-bond donors (Lipinski definition) is 2. The van der Waals surface area contributed by atoms with Gasteiger partial charge in [-0.25, -0.2) is 13.6 Å². The highest BCUT2D eigenvalue weighted by Gasteiger charge is 2.22. The van der Waals surface area contributed by atoms with Gasteiger partial charge in [-0.3, -0.25) is 9.78 Å². The van der Waals surface area contributed by atoms with Crippen LogP contribution in [0.3, 0.4) is 0 Å². The van der Waals surface area contributed by atoms with Gasteiger partial charge in [-0.2, -0.15) is 0 Å². The topological polar surface area (TPSA) is 74.3 Å². The molecule has 0 fully saturated rings. The standard InChI is InChI=1S/C24H20F2N4O2/c25-18-12-16(13-27-14-18)8-9-23(31)30-11-10-19-17(15-30)4-3-7-21(19)28-24(32)29-22-6-2-1-5-20(22)26/h1-9,12-14H,10-11,15H2,(H2,28,29,32)/b9-8+. The predicted molar refractivity (Wildman–Crippen MR) is 118 cm³/mol. The zero-order chi connectivity index (χ0) is 22.5. The molecule has 2 heterocycles. The van der Waals surface area contributed by atoms with Gasteiger partial charge in [0.15, 0.2) is 0 Å². The molecule has 0 bridgehead atoms. The molecule has 0 aliphatic carbocycles. The van der Waals surface area contributed by atoms with Crippen LogP contribution >= 0.6 is 0 Å². The van der Waals surface area contributed by atoms with E-state index in [1.165, 1.54) is 36.5 Å². The summed E-state index contributed by atoms with van der Waals surface area (Å²) in [4.78, 5) is 30.3. The quantitative estimate of drug-likeness (QED) is 0.590. The van der Waals surface area contributed by atoms with Crippen molar-refractivity contribution in [3.05, 3.63) is 95.3 Å². The van der Waals surface area contributed by atoms with Gasteiger partial charge < -0.3 is 15.5 Å². The van der Waals surface area contributed by atoms with Crippen molar-refractivity contribution >= 4 is 29.4 Å². The molecule has 0 unspecified atom stereocenters. The first-order valence-electron chi connectivity index (χ1n) is 10.0. The van der Waals surface area contributed by atoms with E-state index in [0.29, 0.717) is 30.8 Å². The highest BCUT2D eigenvalue weighted by molar-refractivity contribution is 6.00. The first kappa shape index (κ1) is 21.2. The second-order valence-electron chi connectivity index (χ2n) is 7.28. The maximum Gasteiger partial charge on any atom is 0.323 e. The monoisotopic (exact) mass is 434 g/mol. The smallest absolute Gasteiger partial charge is 0.323 e. The van der Waals surface area contributed by atoms with E-state index in [2.05, 4.69) is 15.6 Å². The summed E-state index contributed by atoms with van der Waals surface area (Å²) in [5, 5.41) is 5.26. The first-order chi connectivity index (χ1) is 15.5. The van der Waals surface area contributed by atoms with Crippen LogP contribution in [0.1, 0.15) is 16.7 Å². The molecule has 0 atom stereocenters. The number of nitrogens with zero attached hydrogens (tertiary/aromatic N) is 2. The number of pyridine rings is 1. The molecule has 3 amide bonds. The number of rotatable bonds is 4. The highest BCUT2D eigenvalue weighted by atomic mass is 19.1. The van der Waals surface area contributed by atoms with Gasteiger partial charge in [0.2, 0.25) is 5.91 Å². The van der Waals surface area contributed by atoms with E-state index >= 15 is 0 Å². The number of hydrogen-bond acceptors (Lipinski definition) is 3. The van der Waals surface area contributed by atoms with Crippen molar-refractivity contribution in [3.63, 3.8) is 0 Å². The second kappa shape index (κ2) is 9.38. The van der Waals surface area contributed by atoms with Crippen LogP contribution in [0.4, 0.5) is 25.0 Å². The number of para-hydroxylation sites is 1. The molecule has 32 heavy (non-hydrogen) atoms. The Morgan fingerprint density at radius 2 is 1.78 bits per heavy atom. The minimum atomic E-state index is -0.548. The predicted octanol–water partition coefficient (Wildman–Crippen LogP) is 4.60. The van der Waals surface area contributed by atoms with Gasteiger partial charge >= 0.3 is 6.03 Å². The Labute approximate surface area is 183 Å². The largest absolute Gasteiger partial charge is 0.334 e. The number of anilines is 2. The molecule has 1 aromatic heterocycles. The minimum Gasteiger partial charge on any atom is -0.334 e. The molecule has 0 saturated heterocycles. The number of aromatic nitrogens is 1. The Kier molecular flexibility index (Phi) is 6.21. The van der Waals surface area contributed by atoms with Gasteiger partial charge in [0, 0.05) is 31.0 Å². The maximum absolute atomic E-state index is 13.8. The Morgan fingerprint density at radius 1 is 1.00 bits per heavy atom. The van der Waals surface area contributed by atoms with Gasteiger partial charge in [-0.05, 0) is 53.5 Å². The van der Waals surface area contributed by atoms with Crippen molar-refractivity contribution in [2.24, 2.45) is 0 Å². The molecule has 8 heteroatoms. The maximum atomic E-state index is 13.8. The number of halogens is 2. The number of fused-ring (bicyclic) bond motifs is 1. The fourth-order valence-electron chi connectivity index (χ4n) is 3.55. The van der Waals surface area contributed by atoms with E-state index < -0.39 is 17.7 Å². The summed E-state index contributed by atoms with van der Waals surface area (Å²) in [7, 11) is 0. The lowest BCUT2D eigenvalue weighted by molar-refractivity contribution is -0.126. The normalized spacial score (nSPS) is 13.0. The fourth-order valence-corrected chi connectivity index (χ4v) is 3.55. The number of nitrogens with one attached hydrogen (secondary N) is 2. The SMILES string of the molecule is O=C(Nc1ccccc1F)Nc1cccc2c1CCN(C(=O)/C=C/c1cncc(F)c1)C2. The third-order valence-electron chi connectivity index (χ3n) is 5.09. The lowest BCUT2D eigenvalue weighted by atomic mass is 9.97. The second-order valence-corrected chi connectivity index (χ2v) is 7.28. The summed E-state index contributed by atoms with van der Waals surface area (Å²) < 4.78 is 27.0. The summed E-state index contributed by atoms with van der Waals surface area (Å²) in [5.41, 5.74) is 3.05. The van der Waals surface area contributed by atoms with E-state index in [9.17, 15) is 18.4 Å². The van der Waals surface area contributed by atoms with Crippen molar-refractivity contribution in [2.75, 3.05) is 17.2 Å². The molecule has 6 nitrogen and oxygen atoms in total. The van der Waals surface area contributed by atoms with Crippen molar-refractivity contribution in [3.8, 4) is 0 Å². The molecule has 4 rings (SSSR count). The van der Waals surface area contributed by atoms with Crippen LogP contribution in [0, 0.1) is 11.6 Å². The highest BCUT2D eigenvalue weighted by Crippen LogP contribution is 2.27. The number of benzene rings is 2. The summed E-state index contributed by atoms with van der Waals surface area (Å²) in [5.74, 6) is -1.19. The van der Waals surface area contributed by atoms with Gasteiger partial charge in [-0.1, -0.05) is 24.3 Å². The molecule has 2 aromatic carbocycles. The molecule has 1 aliphatic heterocycles. The van der Waals surface area contributed by atoms with Crippen molar-refractivity contribution < 1.29 is 18.4 Å². The first-order valence-corrected chi connectivity index (χ1v) is 10.0. The van der Waals surface area contributed by atoms with E-state index in [4.69, 9.17) is 0 Å². The van der Waals surface area contributed by atoms with Crippen LogP contribution in [0.5, 0.6) is 0 Å². The van der Waals surface area contributed by atoms with Gasteiger partial charge in [0.1, 0.15) is 11.6 Å². The van der Waals surface area contributed by atoms with E-state index in [1.54, 1.807) is 29.2 Å². The lowest BCUT2D eigenvalue weighted by Gasteiger charge is -2.29. The Hall–Kier alpha value is -4.07. The molecular formula is C24H20F2N4O2. The molecule has 0 radical (unpaired) electrons. The van der Waals surface area contributed by atoms with E-state index in [1.807, 2.05) is 6.07 Å².